The maximum Gasteiger partial charge on any atom is 0.237 e. The first-order valence-corrected chi connectivity index (χ1v) is 7.82. The lowest BCUT2D eigenvalue weighted by molar-refractivity contribution is -0.122. The molecule has 0 saturated heterocycles. The molecule has 0 spiro atoms. The average Bonchev–Trinajstić information content (AvgIpc) is 3.35. The van der Waals surface area contributed by atoms with Crippen molar-refractivity contribution in [3.8, 4) is 0 Å². The minimum absolute atomic E-state index is 0.0638. The number of amides is 1. The smallest absolute Gasteiger partial charge is 0.237 e. The van der Waals surface area contributed by atoms with Crippen molar-refractivity contribution in [1.29, 1.82) is 0 Å². The van der Waals surface area contributed by atoms with Gasteiger partial charge in [-0.05, 0) is 30.4 Å². The Hall–Kier alpha value is -2.13. The number of benzene rings is 2. The van der Waals surface area contributed by atoms with Crippen molar-refractivity contribution in [3.05, 3.63) is 71.8 Å². The van der Waals surface area contributed by atoms with Gasteiger partial charge in [-0.1, -0.05) is 60.7 Å². The van der Waals surface area contributed by atoms with E-state index >= 15 is 0 Å². The summed E-state index contributed by atoms with van der Waals surface area (Å²) in [5.74, 6) is -0.0638. The maximum absolute atomic E-state index is 12.2. The normalized spacial score (nSPS) is 16.8. The van der Waals surface area contributed by atoms with Crippen molar-refractivity contribution in [1.82, 2.24) is 5.32 Å². The van der Waals surface area contributed by atoms with Crippen LogP contribution in [0.15, 0.2) is 60.7 Å². The van der Waals surface area contributed by atoms with Crippen LogP contribution in [0.1, 0.15) is 24.0 Å². The van der Waals surface area contributed by atoms with Gasteiger partial charge in [0, 0.05) is 12.0 Å². The molecule has 1 atom stereocenters. The topological polar surface area (TPSA) is 55.1 Å². The SMILES string of the molecule is NC(Cc1ccccc1)C(=O)NCC1(c2ccccc2)CC1. The van der Waals surface area contributed by atoms with Crippen LogP contribution in [-0.4, -0.2) is 18.5 Å². The molecule has 114 valence electrons. The molecule has 0 radical (unpaired) electrons. The molecule has 1 saturated carbocycles. The van der Waals surface area contributed by atoms with Gasteiger partial charge in [-0.15, -0.1) is 0 Å². The van der Waals surface area contributed by atoms with Crippen LogP contribution in [0, 0.1) is 0 Å². The van der Waals surface area contributed by atoms with E-state index in [1.54, 1.807) is 0 Å². The third-order valence-corrected chi connectivity index (χ3v) is 4.48. The summed E-state index contributed by atoms with van der Waals surface area (Å²) in [5.41, 5.74) is 8.56. The number of hydrogen-bond donors (Lipinski definition) is 2. The van der Waals surface area contributed by atoms with Crippen molar-refractivity contribution in [3.63, 3.8) is 0 Å². The van der Waals surface area contributed by atoms with Gasteiger partial charge in [0.2, 0.25) is 5.91 Å². The molecule has 3 N–H and O–H groups in total. The summed E-state index contributed by atoms with van der Waals surface area (Å²) >= 11 is 0. The molecule has 1 fully saturated rings. The van der Waals surface area contributed by atoms with Gasteiger partial charge >= 0.3 is 0 Å². The third kappa shape index (κ3) is 3.37. The summed E-state index contributed by atoms with van der Waals surface area (Å²) in [4.78, 5) is 12.2. The predicted octanol–water partition coefficient (Wildman–Crippen LogP) is 2.40. The second-order valence-corrected chi connectivity index (χ2v) is 6.16. The van der Waals surface area contributed by atoms with Crippen LogP contribution in [0.25, 0.3) is 0 Å². The summed E-state index contributed by atoms with van der Waals surface area (Å²) in [7, 11) is 0. The number of carbonyl (C=O) groups is 1. The van der Waals surface area contributed by atoms with E-state index in [9.17, 15) is 4.79 Å². The van der Waals surface area contributed by atoms with Crippen LogP contribution in [-0.2, 0) is 16.6 Å². The van der Waals surface area contributed by atoms with Crippen LogP contribution >= 0.6 is 0 Å². The van der Waals surface area contributed by atoms with Gasteiger partial charge in [-0.2, -0.15) is 0 Å². The first kappa shape index (κ1) is 14.8. The maximum atomic E-state index is 12.2. The molecule has 22 heavy (non-hydrogen) atoms. The molecule has 2 aromatic carbocycles. The summed E-state index contributed by atoms with van der Waals surface area (Å²) in [6.07, 6.45) is 2.83. The summed E-state index contributed by atoms with van der Waals surface area (Å²) in [6.45, 7) is 0.679. The van der Waals surface area contributed by atoms with Crippen LogP contribution in [0.3, 0.4) is 0 Å². The van der Waals surface area contributed by atoms with Crippen molar-refractivity contribution >= 4 is 5.91 Å². The molecule has 0 heterocycles. The monoisotopic (exact) mass is 294 g/mol. The van der Waals surface area contributed by atoms with E-state index in [0.29, 0.717) is 13.0 Å². The molecule has 1 aliphatic carbocycles. The van der Waals surface area contributed by atoms with E-state index < -0.39 is 6.04 Å². The molecule has 2 aromatic rings. The largest absolute Gasteiger partial charge is 0.354 e. The van der Waals surface area contributed by atoms with E-state index in [-0.39, 0.29) is 11.3 Å². The summed E-state index contributed by atoms with van der Waals surface area (Å²) in [6, 6.07) is 19.8. The molecular formula is C19H22N2O. The fourth-order valence-electron chi connectivity index (χ4n) is 2.86. The second-order valence-electron chi connectivity index (χ2n) is 6.16. The minimum atomic E-state index is -0.492. The van der Waals surface area contributed by atoms with Crippen molar-refractivity contribution in [2.45, 2.75) is 30.7 Å². The van der Waals surface area contributed by atoms with Crippen LogP contribution in [0.2, 0.25) is 0 Å². The van der Waals surface area contributed by atoms with Crippen LogP contribution in [0.5, 0.6) is 0 Å². The highest BCUT2D eigenvalue weighted by molar-refractivity contribution is 5.82. The highest BCUT2D eigenvalue weighted by Crippen LogP contribution is 2.47. The Morgan fingerprint density at radius 3 is 2.23 bits per heavy atom. The van der Waals surface area contributed by atoms with Gasteiger partial charge in [-0.25, -0.2) is 0 Å². The Bertz CT molecular complexity index is 620. The molecule has 3 rings (SSSR count). The minimum Gasteiger partial charge on any atom is -0.354 e. The van der Waals surface area contributed by atoms with Gasteiger partial charge in [-0.3, -0.25) is 4.79 Å². The molecule has 1 amide bonds. The Labute approximate surface area is 131 Å². The molecular weight excluding hydrogens is 272 g/mol. The Morgan fingerprint density at radius 2 is 1.64 bits per heavy atom. The Balaban J connectivity index is 1.54. The van der Waals surface area contributed by atoms with Gasteiger partial charge in [0.25, 0.3) is 0 Å². The highest BCUT2D eigenvalue weighted by atomic mass is 16.2. The fraction of sp³-hybridized carbons (Fsp3) is 0.316. The Morgan fingerprint density at radius 1 is 1.05 bits per heavy atom. The zero-order valence-corrected chi connectivity index (χ0v) is 12.7. The zero-order valence-electron chi connectivity index (χ0n) is 12.7. The first-order chi connectivity index (χ1) is 10.7. The average molecular weight is 294 g/mol. The fourth-order valence-corrected chi connectivity index (χ4v) is 2.86. The van der Waals surface area contributed by atoms with Gasteiger partial charge < -0.3 is 11.1 Å². The zero-order chi connectivity index (χ0) is 15.4. The number of nitrogens with two attached hydrogens (primary N) is 1. The number of carbonyl (C=O) groups excluding carboxylic acids is 1. The third-order valence-electron chi connectivity index (χ3n) is 4.48. The Kier molecular flexibility index (Phi) is 4.25. The molecule has 3 nitrogen and oxygen atoms in total. The van der Waals surface area contributed by atoms with Gasteiger partial charge in [0.15, 0.2) is 0 Å². The predicted molar refractivity (Wildman–Crippen MR) is 88.5 cm³/mol. The molecule has 0 aromatic heterocycles. The summed E-state index contributed by atoms with van der Waals surface area (Å²) in [5, 5.41) is 3.04. The lowest BCUT2D eigenvalue weighted by Crippen LogP contribution is -2.44. The number of hydrogen-bond acceptors (Lipinski definition) is 2. The van der Waals surface area contributed by atoms with Gasteiger partial charge in [0.05, 0.1) is 6.04 Å². The number of nitrogens with one attached hydrogen (secondary N) is 1. The van der Waals surface area contributed by atoms with Crippen LogP contribution in [0.4, 0.5) is 0 Å². The molecule has 1 unspecified atom stereocenters. The van der Waals surface area contributed by atoms with Crippen LogP contribution < -0.4 is 11.1 Å². The molecule has 1 aliphatic rings. The van der Waals surface area contributed by atoms with E-state index in [1.165, 1.54) is 5.56 Å². The van der Waals surface area contributed by atoms with Crippen molar-refractivity contribution in [2.24, 2.45) is 5.73 Å². The lowest BCUT2D eigenvalue weighted by Gasteiger charge is -2.18. The van der Waals surface area contributed by atoms with Crippen molar-refractivity contribution < 1.29 is 4.79 Å². The number of rotatable bonds is 6. The van der Waals surface area contributed by atoms with E-state index in [4.69, 9.17) is 5.73 Å². The standard InChI is InChI=1S/C19H22N2O/c20-17(13-15-7-3-1-4-8-15)18(22)21-14-19(11-12-19)16-9-5-2-6-10-16/h1-10,17H,11-14,20H2,(H,21,22). The van der Waals surface area contributed by atoms with Crippen molar-refractivity contribution in [2.75, 3.05) is 6.54 Å². The molecule has 0 bridgehead atoms. The van der Waals surface area contributed by atoms with E-state index in [0.717, 1.165) is 18.4 Å². The van der Waals surface area contributed by atoms with Gasteiger partial charge in [0.1, 0.15) is 0 Å². The highest BCUT2D eigenvalue weighted by Gasteiger charge is 2.44. The second kappa shape index (κ2) is 6.32. The summed E-state index contributed by atoms with van der Waals surface area (Å²) < 4.78 is 0. The lowest BCUT2D eigenvalue weighted by atomic mass is 9.96. The van der Waals surface area contributed by atoms with E-state index in [2.05, 4.69) is 29.6 Å². The van der Waals surface area contributed by atoms with E-state index in [1.807, 2.05) is 36.4 Å². The molecule has 0 aliphatic heterocycles. The quantitative estimate of drug-likeness (QED) is 0.859. The first-order valence-electron chi connectivity index (χ1n) is 7.82. The molecule has 3 heteroatoms.